The second kappa shape index (κ2) is 6.20. The number of aromatic carboxylic acids is 1. The number of rotatable bonds is 4. The second-order valence-electron chi connectivity index (χ2n) is 5.88. The summed E-state index contributed by atoms with van der Waals surface area (Å²) in [6, 6.07) is 0.418. The summed E-state index contributed by atoms with van der Waals surface area (Å²) in [5.41, 5.74) is 0.726. The van der Waals surface area contributed by atoms with Crippen molar-refractivity contribution >= 4 is 17.3 Å². The van der Waals surface area contributed by atoms with Gasteiger partial charge in [0.2, 0.25) is 0 Å². The normalized spacial score (nSPS) is 21.6. The molecule has 0 radical (unpaired) electrons. The van der Waals surface area contributed by atoms with Crippen LogP contribution in [0, 0.1) is 0 Å². The summed E-state index contributed by atoms with van der Waals surface area (Å²) in [6.07, 6.45) is 0.832. The molecule has 1 aliphatic rings. The molecule has 1 saturated heterocycles. The zero-order valence-electron chi connectivity index (χ0n) is 12.6. The molecule has 1 fully saturated rings. The van der Waals surface area contributed by atoms with E-state index < -0.39 is 5.97 Å². The van der Waals surface area contributed by atoms with E-state index in [1.807, 2.05) is 13.8 Å². The van der Waals surface area contributed by atoms with Crippen LogP contribution in [0.1, 0.15) is 40.1 Å². The number of nitrogens with zero attached hydrogens (tertiary/aromatic N) is 3. The van der Waals surface area contributed by atoms with Crippen molar-refractivity contribution in [2.45, 2.75) is 32.2 Å². The van der Waals surface area contributed by atoms with Crippen molar-refractivity contribution in [1.82, 2.24) is 14.8 Å². The lowest BCUT2D eigenvalue weighted by Crippen LogP contribution is -2.50. The van der Waals surface area contributed by atoms with E-state index in [1.165, 1.54) is 11.3 Å². The average molecular weight is 297 g/mol. The Balaban J connectivity index is 2.17. The van der Waals surface area contributed by atoms with Crippen LogP contribution in [0.2, 0.25) is 0 Å². The zero-order chi connectivity index (χ0) is 14.9. The van der Waals surface area contributed by atoms with E-state index in [0.29, 0.717) is 10.9 Å². The first-order valence-corrected chi connectivity index (χ1v) is 7.81. The van der Waals surface area contributed by atoms with Gasteiger partial charge in [0.1, 0.15) is 4.88 Å². The third-order valence-corrected chi connectivity index (χ3v) is 4.91. The maximum Gasteiger partial charge on any atom is 0.347 e. The molecule has 0 spiro atoms. The number of piperazine rings is 1. The highest BCUT2D eigenvalue weighted by atomic mass is 32.1. The molecule has 1 N–H and O–H groups in total. The Kier molecular flexibility index (Phi) is 4.78. The molecule has 0 aliphatic carbocycles. The van der Waals surface area contributed by atoms with E-state index in [2.05, 4.69) is 28.9 Å². The van der Waals surface area contributed by atoms with Gasteiger partial charge in [-0.05, 0) is 20.0 Å². The van der Waals surface area contributed by atoms with Crippen molar-refractivity contribution in [3.63, 3.8) is 0 Å². The molecule has 1 atom stereocenters. The van der Waals surface area contributed by atoms with Crippen LogP contribution in [0.15, 0.2) is 0 Å². The molecule has 2 heterocycles. The first-order chi connectivity index (χ1) is 9.38. The van der Waals surface area contributed by atoms with Gasteiger partial charge >= 0.3 is 5.97 Å². The van der Waals surface area contributed by atoms with Crippen LogP contribution in [0.3, 0.4) is 0 Å². The van der Waals surface area contributed by atoms with Gasteiger partial charge in [-0.3, -0.25) is 0 Å². The number of hydrogen-bond donors (Lipinski definition) is 1. The third kappa shape index (κ3) is 3.37. The number of carboxylic acid groups (broad SMARTS) is 1. The predicted molar refractivity (Wildman–Crippen MR) is 80.8 cm³/mol. The molecule has 0 amide bonds. The molecule has 0 aromatic carbocycles. The number of carboxylic acids is 1. The fourth-order valence-corrected chi connectivity index (χ4v) is 3.66. The summed E-state index contributed by atoms with van der Waals surface area (Å²) in [6.45, 7) is 7.13. The van der Waals surface area contributed by atoms with Gasteiger partial charge in [0.05, 0.1) is 10.7 Å². The number of aromatic nitrogens is 1. The highest BCUT2D eigenvalue weighted by Gasteiger charge is 2.26. The summed E-state index contributed by atoms with van der Waals surface area (Å²) < 4.78 is 0. The molecule has 2 rings (SSSR count). The van der Waals surface area contributed by atoms with Gasteiger partial charge in [0, 0.05) is 32.1 Å². The van der Waals surface area contributed by atoms with Gasteiger partial charge in [-0.15, -0.1) is 11.3 Å². The van der Waals surface area contributed by atoms with Crippen LogP contribution in [-0.2, 0) is 6.42 Å². The standard InChI is InChI=1S/C14H23N3O2S/c1-9(2)12-13(14(18)19)20-11(15-12)7-10-8-16(3)5-6-17(10)4/h9-10H,5-8H2,1-4H3,(H,18,19). The molecule has 0 bridgehead atoms. The Morgan fingerprint density at radius 1 is 1.45 bits per heavy atom. The fourth-order valence-electron chi connectivity index (χ4n) is 2.53. The van der Waals surface area contributed by atoms with Crippen molar-refractivity contribution in [3.8, 4) is 0 Å². The average Bonchev–Trinajstić information content (AvgIpc) is 2.78. The van der Waals surface area contributed by atoms with E-state index in [0.717, 1.165) is 36.8 Å². The number of likely N-dealkylation sites (N-methyl/N-ethyl adjacent to an activating group) is 2. The minimum atomic E-state index is -0.855. The van der Waals surface area contributed by atoms with Crippen LogP contribution >= 0.6 is 11.3 Å². The Morgan fingerprint density at radius 2 is 2.15 bits per heavy atom. The molecule has 1 aromatic heterocycles. The summed E-state index contributed by atoms with van der Waals surface area (Å²) in [7, 11) is 4.26. The monoisotopic (exact) mass is 297 g/mol. The number of thiazole rings is 1. The minimum absolute atomic E-state index is 0.151. The Bertz CT molecular complexity index is 487. The molecule has 1 aromatic rings. The van der Waals surface area contributed by atoms with Crippen LogP contribution in [-0.4, -0.2) is 65.6 Å². The van der Waals surface area contributed by atoms with Gasteiger partial charge in [0.25, 0.3) is 0 Å². The topological polar surface area (TPSA) is 56.7 Å². The van der Waals surface area contributed by atoms with Crippen molar-refractivity contribution in [2.24, 2.45) is 0 Å². The lowest BCUT2D eigenvalue weighted by Gasteiger charge is -2.37. The summed E-state index contributed by atoms with van der Waals surface area (Å²) in [5.74, 6) is -0.704. The first-order valence-electron chi connectivity index (χ1n) is 7.00. The van der Waals surface area contributed by atoms with Gasteiger partial charge < -0.3 is 14.9 Å². The largest absolute Gasteiger partial charge is 0.477 e. The van der Waals surface area contributed by atoms with Gasteiger partial charge in [-0.25, -0.2) is 9.78 Å². The Labute approximate surface area is 124 Å². The molecular formula is C14H23N3O2S. The van der Waals surface area contributed by atoms with Crippen molar-refractivity contribution in [2.75, 3.05) is 33.7 Å². The second-order valence-corrected chi connectivity index (χ2v) is 6.97. The van der Waals surface area contributed by atoms with Gasteiger partial charge in [-0.1, -0.05) is 13.8 Å². The van der Waals surface area contributed by atoms with Crippen LogP contribution in [0.25, 0.3) is 0 Å². The summed E-state index contributed by atoms with van der Waals surface area (Å²) in [5, 5.41) is 10.2. The molecule has 0 saturated carbocycles. The lowest BCUT2D eigenvalue weighted by molar-refractivity contribution is 0.0700. The van der Waals surface area contributed by atoms with Crippen molar-refractivity contribution in [3.05, 3.63) is 15.6 Å². The summed E-state index contributed by atoms with van der Waals surface area (Å²) >= 11 is 1.34. The van der Waals surface area contributed by atoms with E-state index in [9.17, 15) is 9.90 Å². The number of carbonyl (C=O) groups is 1. The van der Waals surface area contributed by atoms with E-state index in [4.69, 9.17) is 0 Å². The maximum absolute atomic E-state index is 11.3. The Hall–Kier alpha value is -0.980. The summed E-state index contributed by atoms with van der Waals surface area (Å²) in [4.78, 5) is 20.9. The highest BCUT2D eigenvalue weighted by Crippen LogP contribution is 2.27. The van der Waals surface area contributed by atoms with Gasteiger partial charge in [0.15, 0.2) is 0 Å². The van der Waals surface area contributed by atoms with E-state index in [-0.39, 0.29) is 5.92 Å². The van der Waals surface area contributed by atoms with Crippen molar-refractivity contribution < 1.29 is 9.90 Å². The fraction of sp³-hybridized carbons (Fsp3) is 0.714. The quantitative estimate of drug-likeness (QED) is 0.917. The predicted octanol–water partition coefficient (Wildman–Crippen LogP) is 1.75. The molecule has 5 nitrogen and oxygen atoms in total. The Morgan fingerprint density at radius 3 is 2.70 bits per heavy atom. The third-order valence-electron chi connectivity index (χ3n) is 3.83. The van der Waals surface area contributed by atoms with Crippen LogP contribution in [0.4, 0.5) is 0 Å². The van der Waals surface area contributed by atoms with E-state index in [1.54, 1.807) is 0 Å². The number of hydrogen-bond acceptors (Lipinski definition) is 5. The molecule has 6 heteroatoms. The van der Waals surface area contributed by atoms with Gasteiger partial charge in [-0.2, -0.15) is 0 Å². The molecular weight excluding hydrogens is 274 g/mol. The van der Waals surface area contributed by atoms with Crippen LogP contribution in [0.5, 0.6) is 0 Å². The van der Waals surface area contributed by atoms with E-state index >= 15 is 0 Å². The molecule has 1 unspecified atom stereocenters. The minimum Gasteiger partial charge on any atom is -0.477 e. The highest BCUT2D eigenvalue weighted by molar-refractivity contribution is 7.13. The molecule has 1 aliphatic heterocycles. The van der Waals surface area contributed by atoms with Crippen molar-refractivity contribution in [1.29, 1.82) is 0 Å². The maximum atomic E-state index is 11.3. The molecule has 112 valence electrons. The lowest BCUT2D eigenvalue weighted by atomic mass is 10.1. The van der Waals surface area contributed by atoms with Crippen LogP contribution < -0.4 is 0 Å². The SMILES string of the molecule is CC(C)c1nc(CC2CN(C)CCN2C)sc1C(=O)O. The molecule has 20 heavy (non-hydrogen) atoms. The zero-order valence-corrected chi connectivity index (χ0v) is 13.4. The first kappa shape index (κ1) is 15.4. The smallest absolute Gasteiger partial charge is 0.347 e.